The molecule has 6 heteroatoms. The second-order valence-electron chi connectivity index (χ2n) is 6.72. The van der Waals surface area contributed by atoms with E-state index in [1.54, 1.807) is 12.1 Å². The molecular weight excluding hydrogens is 333 g/mol. The predicted molar refractivity (Wildman–Crippen MR) is 99.2 cm³/mol. The van der Waals surface area contributed by atoms with Crippen molar-refractivity contribution in [3.8, 4) is 0 Å². The van der Waals surface area contributed by atoms with Gasteiger partial charge in [-0.1, -0.05) is 12.1 Å². The molecule has 0 heterocycles. The minimum absolute atomic E-state index is 0.135. The Hall–Kier alpha value is -2.89. The van der Waals surface area contributed by atoms with Gasteiger partial charge in [-0.3, -0.25) is 9.59 Å². The van der Waals surface area contributed by atoms with Crippen LogP contribution in [0.1, 0.15) is 12.0 Å². The van der Waals surface area contributed by atoms with Crippen molar-refractivity contribution >= 4 is 23.2 Å². The van der Waals surface area contributed by atoms with E-state index in [0.29, 0.717) is 13.0 Å². The van der Waals surface area contributed by atoms with Crippen LogP contribution in [0.4, 0.5) is 15.8 Å². The van der Waals surface area contributed by atoms with Gasteiger partial charge in [-0.2, -0.15) is 0 Å². The maximum Gasteiger partial charge on any atom is 0.228 e. The Balaban J connectivity index is 1.47. The van der Waals surface area contributed by atoms with Crippen LogP contribution in [0.15, 0.2) is 48.5 Å². The third-order valence-electron chi connectivity index (χ3n) is 4.50. The van der Waals surface area contributed by atoms with Crippen LogP contribution in [-0.4, -0.2) is 25.9 Å². The first-order valence-electron chi connectivity index (χ1n) is 8.54. The van der Waals surface area contributed by atoms with E-state index in [1.165, 1.54) is 12.1 Å². The highest BCUT2D eigenvalue weighted by Crippen LogP contribution is 2.39. The molecule has 5 nitrogen and oxygen atoms in total. The zero-order valence-electron chi connectivity index (χ0n) is 14.8. The zero-order chi connectivity index (χ0) is 18.7. The van der Waals surface area contributed by atoms with Gasteiger partial charge < -0.3 is 15.5 Å². The number of amides is 2. The van der Waals surface area contributed by atoms with Crippen LogP contribution in [0.25, 0.3) is 0 Å². The van der Waals surface area contributed by atoms with E-state index in [4.69, 9.17) is 0 Å². The van der Waals surface area contributed by atoms with E-state index in [0.717, 1.165) is 16.9 Å². The fraction of sp³-hybridized carbons (Fsp3) is 0.300. The molecule has 2 aromatic rings. The van der Waals surface area contributed by atoms with Crippen molar-refractivity contribution in [3.63, 3.8) is 0 Å². The van der Waals surface area contributed by atoms with E-state index < -0.39 is 0 Å². The lowest BCUT2D eigenvalue weighted by Crippen LogP contribution is -2.27. The topological polar surface area (TPSA) is 61.4 Å². The third kappa shape index (κ3) is 4.39. The largest absolute Gasteiger partial charge is 0.378 e. The van der Waals surface area contributed by atoms with Crippen LogP contribution < -0.4 is 15.5 Å². The number of anilines is 2. The molecule has 1 fully saturated rings. The van der Waals surface area contributed by atoms with Crippen molar-refractivity contribution < 1.29 is 14.0 Å². The van der Waals surface area contributed by atoms with Gasteiger partial charge in [0.05, 0.1) is 11.8 Å². The predicted octanol–water partition coefficient (Wildman–Crippen LogP) is 2.78. The van der Waals surface area contributed by atoms with E-state index in [2.05, 4.69) is 10.6 Å². The second kappa shape index (κ2) is 7.56. The molecule has 136 valence electrons. The first-order valence-corrected chi connectivity index (χ1v) is 8.54. The highest BCUT2D eigenvalue weighted by atomic mass is 19.1. The maximum atomic E-state index is 12.9. The molecule has 0 aliphatic heterocycles. The van der Waals surface area contributed by atoms with Gasteiger partial charge in [-0.05, 0) is 48.4 Å². The molecule has 2 atom stereocenters. The number of nitrogens with one attached hydrogen (secondary N) is 2. The van der Waals surface area contributed by atoms with Gasteiger partial charge in [0.15, 0.2) is 0 Å². The summed E-state index contributed by atoms with van der Waals surface area (Å²) in [6.07, 6.45) is 0.552. The van der Waals surface area contributed by atoms with Crippen LogP contribution >= 0.6 is 0 Å². The molecule has 26 heavy (non-hydrogen) atoms. The van der Waals surface area contributed by atoms with Crippen molar-refractivity contribution in [2.45, 2.75) is 13.0 Å². The smallest absolute Gasteiger partial charge is 0.228 e. The number of hydrogen-bond acceptors (Lipinski definition) is 3. The molecule has 0 radical (unpaired) electrons. The van der Waals surface area contributed by atoms with Crippen LogP contribution in [0.2, 0.25) is 0 Å². The van der Waals surface area contributed by atoms with E-state index in [9.17, 15) is 14.0 Å². The monoisotopic (exact) mass is 355 g/mol. The summed E-state index contributed by atoms with van der Waals surface area (Å²) in [6, 6.07) is 13.5. The van der Waals surface area contributed by atoms with Crippen molar-refractivity contribution in [2.24, 2.45) is 11.8 Å². The molecule has 2 amide bonds. The average molecular weight is 355 g/mol. The van der Waals surface area contributed by atoms with Crippen molar-refractivity contribution in [3.05, 3.63) is 59.9 Å². The molecule has 2 aromatic carbocycles. The summed E-state index contributed by atoms with van der Waals surface area (Å²) < 4.78 is 12.9. The maximum absolute atomic E-state index is 12.9. The van der Waals surface area contributed by atoms with E-state index in [1.807, 2.05) is 43.3 Å². The summed E-state index contributed by atoms with van der Waals surface area (Å²) >= 11 is 0. The number of carbonyl (C=O) groups is 2. The number of halogens is 1. The zero-order valence-corrected chi connectivity index (χ0v) is 14.8. The molecule has 0 saturated heterocycles. The van der Waals surface area contributed by atoms with E-state index >= 15 is 0 Å². The summed E-state index contributed by atoms with van der Waals surface area (Å²) in [4.78, 5) is 26.4. The van der Waals surface area contributed by atoms with Gasteiger partial charge in [-0.15, -0.1) is 0 Å². The number of benzene rings is 2. The summed E-state index contributed by atoms with van der Waals surface area (Å²) in [7, 11) is 3.90. The molecule has 0 spiro atoms. The molecule has 2 N–H and O–H groups in total. The van der Waals surface area contributed by atoms with Gasteiger partial charge in [-0.25, -0.2) is 4.39 Å². The van der Waals surface area contributed by atoms with Gasteiger partial charge in [0.25, 0.3) is 0 Å². The minimum atomic E-state index is -0.308. The summed E-state index contributed by atoms with van der Waals surface area (Å²) in [6.45, 7) is 0.329. The van der Waals surface area contributed by atoms with Crippen LogP contribution in [-0.2, 0) is 16.1 Å². The normalized spacial score (nSPS) is 18.1. The Morgan fingerprint density at radius 1 is 1.00 bits per heavy atom. The second-order valence-corrected chi connectivity index (χ2v) is 6.72. The van der Waals surface area contributed by atoms with Gasteiger partial charge in [0.2, 0.25) is 11.8 Å². The Bertz CT molecular complexity index is 788. The molecule has 1 aliphatic carbocycles. The standard InChI is InChI=1S/C20H22FN3O2/c1-24(2)16-9-7-15(8-10-16)23-20(26)18-11-17(18)19(25)22-12-13-3-5-14(21)6-4-13/h3-10,17-18H,11-12H2,1-2H3,(H,22,25)(H,23,26). The van der Waals surface area contributed by atoms with Crippen LogP contribution in [0, 0.1) is 17.7 Å². The van der Waals surface area contributed by atoms with Crippen molar-refractivity contribution in [1.82, 2.24) is 5.32 Å². The molecule has 3 rings (SSSR count). The first kappa shape index (κ1) is 17.9. The SMILES string of the molecule is CN(C)c1ccc(NC(=O)C2CC2C(=O)NCc2ccc(F)cc2)cc1. The van der Waals surface area contributed by atoms with Crippen molar-refractivity contribution in [1.29, 1.82) is 0 Å². The molecular formula is C20H22FN3O2. The number of carbonyl (C=O) groups excluding carboxylic acids is 2. The highest BCUT2D eigenvalue weighted by Gasteiger charge is 2.47. The van der Waals surface area contributed by atoms with Crippen molar-refractivity contribution in [2.75, 3.05) is 24.3 Å². The number of nitrogens with zero attached hydrogens (tertiary/aromatic N) is 1. The fourth-order valence-corrected chi connectivity index (χ4v) is 2.77. The lowest BCUT2D eigenvalue weighted by molar-refractivity contribution is -0.125. The number of hydrogen-bond donors (Lipinski definition) is 2. The number of rotatable bonds is 6. The Morgan fingerprint density at radius 2 is 1.62 bits per heavy atom. The Kier molecular flexibility index (Phi) is 5.21. The fourth-order valence-electron chi connectivity index (χ4n) is 2.77. The molecule has 0 aromatic heterocycles. The van der Waals surface area contributed by atoms with Gasteiger partial charge in [0, 0.05) is 32.0 Å². The lowest BCUT2D eigenvalue weighted by Gasteiger charge is -2.13. The third-order valence-corrected chi connectivity index (χ3v) is 4.50. The van der Waals surface area contributed by atoms with Crippen LogP contribution in [0.5, 0.6) is 0 Å². The van der Waals surface area contributed by atoms with Gasteiger partial charge >= 0.3 is 0 Å². The molecule has 0 bridgehead atoms. The quantitative estimate of drug-likeness (QED) is 0.838. The first-order chi connectivity index (χ1) is 12.4. The Labute approximate surface area is 152 Å². The summed E-state index contributed by atoms with van der Waals surface area (Å²) in [5.74, 6) is -1.17. The van der Waals surface area contributed by atoms with Gasteiger partial charge in [0.1, 0.15) is 5.82 Å². The summed E-state index contributed by atoms with van der Waals surface area (Å²) in [5.41, 5.74) is 2.59. The minimum Gasteiger partial charge on any atom is -0.378 e. The Morgan fingerprint density at radius 3 is 2.23 bits per heavy atom. The van der Waals surface area contributed by atoms with Crippen LogP contribution in [0.3, 0.4) is 0 Å². The molecule has 1 aliphatic rings. The average Bonchev–Trinajstić information content (AvgIpc) is 3.42. The highest BCUT2D eigenvalue weighted by molar-refractivity contribution is 5.99. The summed E-state index contributed by atoms with van der Waals surface area (Å²) in [5, 5.41) is 5.66. The molecule has 1 saturated carbocycles. The molecule has 2 unspecified atom stereocenters. The van der Waals surface area contributed by atoms with E-state index in [-0.39, 0.29) is 29.5 Å². The lowest BCUT2D eigenvalue weighted by atomic mass is 10.2.